The Hall–Kier alpha value is -4.56. The van der Waals surface area contributed by atoms with Crippen molar-refractivity contribution >= 4 is 32.5 Å². The maximum absolute atomic E-state index is 13.7. The molecule has 0 aliphatic heterocycles. The molecular weight excluding hydrogens is 488 g/mol. The van der Waals surface area contributed by atoms with Crippen molar-refractivity contribution in [2.45, 2.75) is 11.4 Å². The third-order valence-electron chi connectivity index (χ3n) is 6.04. The number of benzene rings is 3. The molecule has 0 radical (unpaired) electrons. The summed E-state index contributed by atoms with van der Waals surface area (Å²) < 4.78 is 35.1. The number of fused-ring (bicyclic) bond motifs is 1. The Morgan fingerprint density at radius 1 is 0.838 bits per heavy atom. The van der Waals surface area contributed by atoms with Crippen LogP contribution in [-0.2, 0) is 16.6 Å². The van der Waals surface area contributed by atoms with E-state index >= 15 is 0 Å². The lowest BCUT2D eigenvalue weighted by molar-refractivity contribution is -0.683. The number of aromatic nitrogens is 2. The summed E-state index contributed by atoms with van der Waals surface area (Å²) in [6.07, 6.45) is 3.25. The Balaban J connectivity index is 1.52. The standard InChI is InChI=1S/C29H23N2O5S/c1-36-24-15-13-21(14-16-24)28(32)20-30-17-7-9-23(19-30)29(33)27-18-22-8-5-6-12-26(22)31(27)37(34,35)25-10-3-2-4-11-25/h2-19H,20H2,1H3/q+1. The van der Waals surface area contributed by atoms with Crippen LogP contribution in [0.25, 0.3) is 10.9 Å². The molecule has 0 N–H and O–H groups in total. The van der Waals surface area contributed by atoms with E-state index in [-0.39, 0.29) is 28.5 Å². The molecule has 0 fully saturated rings. The first kappa shape index (κ1) is 24.1. The second kappa shape index (κ2) is 9.83. The lowest BCUT2D eigenvalue weighted by atomic mass is 10.1. The zero-order valence-electron chi connectivity index (χ0n) is 19.9. The van der Waals surface area contributed by atoms with E-state index in [1.54, 1.807) is 109 Å². The number of rotatable bonds is 8. The van der Waals surface area contributed by atoms with E-state index in [4.69, 9.17) is 4.74 Å². The van der Waals surface area contributed by atoms with Gasteiger partial charge in [0, 0.05) is 17.0 Å². The Labute approximate surface area is 214 Å². The number of hydrogen-bond acceptors (Lipinski definition) is 5. The molecular formula is C29H23N2O5S+. The van der Waals surface area contributed by atoms with E-state index in [0.717, 1.165) is 3.97 Å². The molecule has 8 heteroatoms. The third-order valence-corrected chi connectivity index (χ3v) is 7.78. The van der Waals surface area contributed by atoms with Crippen molar-refractivity contribution in [2.75, 3.05) is 7.11 Å². The van der Waals surface area contributed by atoms with E-state index < -0.39 is 15.8 Å². The number of Topliss-reactive ketones (excluding diaryl/α,β-unsaturated/α-hetero) is 1. The van der Waals surface area contributed by atoms with E-state index in [1.165, 1.54) is 12.1 Å². The fourth-order valence-corrected chi connectivity index (χ4v) is 5.71. The number of methoxy groups -OCH3 is 1. The number of hydrogen-bond donors (Lipinski definition) is 0. The fourth-order valence-electron chi connectivity index (χ4n) is 4.18. The van der Waals surface area contributed by atoms with E-state index in [0.29, 0.717) is 22.2 Å². The number of ketones is 2. The fraction of sp³-hybridized carbons (Fsp3) is 0.0690. The zero-order valence-corrected chi connectivity index (χ0v) is 20.8. The molecule has 184 valence electrons. The average molecular weight is 512 g/mol. The second-order valence-electron chi connectivity index (χ2n) is 8.42. The average Bonchev–Trinajstić information content (AvgIpc) is 3.34. The van der Waals surface area contributed by atoms with Gasteiger partial charge in [-0.05, 0) is 54.6 Å². The molecule has 0 spiro atoms. The third kappa shape index (κ3) is 4.66. The normalized spacial score (nSPS) is 11.4. The van der Waals surface area contributed by atoms with Crippen LogP contribution in [0.4, 0.5) is 0 Å². The van der Waals surface area contributed by atoms with Crippen molar-refractivity contribution in [1.82, 2.24) is 3.97 Å². The minimum absolute atomic E-state index is 0.0126. The maximum Gasteiger partial charge on any atom is 0.268 e. The van der Waals surface area contributed by atoms with Crippen LogP contribution in [0.1, 0.15) is 26.4 Å². The molecule has 5 aromatic rings. The van der Waals surface area contributed by atoms with Gasteiger partial charge in [0.1, 0.15) is 11.4 Å². The summed E-state index contributed by atoms with van der Waals surface area (Å²) in [6.45, 7) is 0.0126. The quantitative estimate of drug-likeness (QED) is 0.229. The summed E-state index contributed by atoms with van der Waals surface area (Å²) in [5.74, 6) is 0.0395. The summed E-state index contributed by atoms with van der Waals surface area (Å²) in [5, 5.41) is 0.629. The van der Waals surface area contributed by atoms with Crippen LogP contribution in [0.3, 0.4) is 0 Å². The Bertz CT molecular complexity index is 1720. The predicted molar refractivity (Wildman–Crippen MR) is 138 cm³/mol. The van der Waals surface area contributed by atoms with Crippen molar-refractivity contribution < 1.29 is 27.3 Å². The van der Waals surface area contributed by atoms with Crippen LogP contribution in [0, 0.1) is 0 Å². The SMILES string of the molecule is COc1ccc(C(=O)C[n+]2cccc(C(=O)c3cc4ccccc4n3S(=O)(=O)c3ccccc3)c2)cc1. The largest absolute Gasteiger partial charge is 0.497 e. The molecule has 3 aromatic carbocycles. The smallest absolute Gasteiger partial charge is 0.268 e. The van der Waals surface area contributed by atoms with Crippen LogP contribution < -0.4 is 9.30 Å². The first-order valence-corrected chi connectivity index (χ1v) is 12.9. The van der Waals surface area contributed by atoms with Crippen molar-refractivity contribution in [3.05, 3.63) is 126 Å². The predicted octanol–water partition coefficient (Wildman–Crippen LogP) is 4.29. The lowest BCUT2D eigenvalue weighted by Crippen LogP contribution is -2.38. The molecule has 7 nitrogen and oxygen atoms in total. The van der Waals surface area contributed by atoms with Gasteiger partial charge in [0.25, 0.3) is 10.0 Å². The van der Waals surface area contributed by atoms with Gasteiger partial charge < -0.3 is 4.74 Å². The maximum atomic E-state index is 13.7. The van der Waals surface area contributed by atoms with Crippen LogP contribution in [0.2, 0.25) is 0 Å². The number of para-hydroxylation sites is 1. The van der Waals surface area contributed by atoms with Gasteiger partial charge in [-0.15, -0.1) is 0 Å². The topological polar surface area (TPSA) is 86.3 Å². The molecule has 0 amide bonds. The summed E-state index contributed by atoms with van der Waals surface area (Å²) in [6, 6.07) is 26.6. The molecule has 0 aliphatic carbocycles. The Kier molecular flexibility index (Phi) is 6.42. The number of ether oxygens (including phenoxy) is 1. The highest BCUT2D eigenvalue weighted by atomic mass is 32.2. The Morgan fingerprint density at radius 2 is 1.54 bits per heavy atom. The summed E-state index contributed by atoms with van der Waals surface area (Å²) >= 11 is 0. The summed E-state index contributed by atoms with van der Waals surface area (Å²) in [4.78, 5) is 26.6. The minimum Gasteiger partial charge on any atom is -0.497 e. The monoisotopic (exact) mass is 511 g/mol. The Morgan fingerprint density at radius 3 is 2.27 bits per heavy atom. The number of carbonyl (C=O) groups excluding carboxylic acids is 2. The first-order valence-electron chi connectivity index (χ1n) is 11.5. The van der Waals surface area contributed by atoms with Crippen molar-refractivity contribution in [3.8, 4) is 5.75 Å². The van der Waals surface area contributed by atoms with Crippen LogP contribution in [0.15, 0.2) is 114 Å². The molecule has 0 atom stereocenters. The van der Waals surface area contributed by atoms with Crippen LogP contribution in [0.5, 0.6) is 5.75 Å². The van der Waals surface area contributed by atoms with Crippen molar-refractivity contribution in [3.63, 3.8) is 0 Å². The molecule has 0 unspecified atom stereocenters. The van der Waals surface area contributed by atoms with Crippen LogP contribution >= 0.6 is 0 Å². The van der Waals surface area contributed by atoms with Gasteiger partial charge in [-0.1, -0.05) is 36.4 Å². The highest BCUT2D eigenvalue weighted by molar-refractivity contribution is 7.90. The second-order valence-corrected chi connectivity index (χ2v) is 10.2. The van der Waals surface area contributed by atoms with E-state index in [9.17, 15) is 18.0 Å². The van der Waals surface area contributed by atoms with Gasteiger partial charge in [-0.3, -0.25) is 9.59 Å². The number of pyridine rings is 1. The van der Waals surface area contributed by atoms with Gasteiger partial charge in [0.15, 0.2) is 12.4 Å². The van der Waals surface area contributed by atoms with Gasteiger partial charge in [0.05, 0.1) is 23.1 Å². The van der Waals surface area contributed by atoms with E-state index in [1.807, 2.05) is 0 Å². The molecule has 0 saturated carbocycles. The highest BCUT2D eigenvalue weighted by Gasteiger charge is 2.28. The van der Waals surface area contributed by atoms with Gasteiger partial charge in [-0.25, -0.2) is 12.4 Å². The van der Waals surface area contributed by atoms with Gasteiger partial charge in [-0.2, -0.15) is 4.57 Å². The molecule has 2 aromatic heterocycles. The molecule has 5 rings (SSSR count). The van der Waals surface area contributed by atoms with E-state index in [2.05, 4.69) is 0 Å². The highest BCUT2D eigenvalue weighted by Crippen LogP contribution is 2.27. The lowest BCUT2D eigenvalue weighted by Gasteiger charge is -2.11. The molecule has 2 heterocycles. The number of nitrogens with zero attached hydrogens (tertiary/aromatic N) is 2. The first-order chi connectivity index (χ1) is 17.9. The van der Waals surface area contributed by atoms with Crippen molar-refractivity contribution in [2.24, 2.45) is 0 Å². The molecule has 37 heavy (non-hydrogen) atoms. The molecule has 0 aliphatic rings. The van der Waals surface area contributed by atoms with Crippen molar-refractivity contribution in [1.29, 1.82) is 0 Å². The number of carbonyl (C=O) groups is 2. The molecule has 0 bridgehead atoms. The molecule has 0 saturated heterocycles. The summed E-state index contributed by atoms with van der Waals surface area (Å²) in [5.41, 5.74) is 1.20. The zero-order chi connectivity index (χ0) is 26.0. The summed E-state index contributed by atoms with van der Waals surface area (Å²) in [7, 11) is -2.50. The van der Waals surface area contributed by atoms with Gasteiger partial charge >= 0.3 is 0 Å². The van der Waals surface area contributed by atoms with Crippen LogP contribution in [-0.4, -0.2) is 31.1 Å². The van der Waals surface area contributed by atoms with Gasteiger partial charge in [0.2, 0.25) is 18.1 Å². The minimum atomic E-state index is -4.05.